The monoisotopic (exact) mass is 382 g/mol. The van der Waals surface area contributed by atoms with Gasteiger partial charge in [-0.05, 0) is 24.5 Å². The standard InChI is InChI=1S/C16H22N4O3S2/c1-12(2)6-7-15(21)19-8-10-20(11-9-19)25(22,23)14-5-3-4-13-16(14)18-24-17-13/h3-5,12H,6-11H2,1-2H3. The second-order valence-corrected chi connectivity index (χ2v) is 9.04. The van der Waals surface area contributed by atoms with E-state index < -0.39 is 10.0 Å². The van der Waals surface area contributed by atoms with Gasteiger partial charge in [-0.15, -0.1) is 0 Å². The number of sulfonamides is 1. The highest BCUT2D eigenvalue weighted by molar-refractivity contribution is 7.89. The molecule has 1 saturated heterocycles. The van der Waals surface area contributed by atoms with Crippen molar-refractivity contribution < 1.29 is 13.2 Å². The Labute approximate surface area is 152 Å². The van der Waals surface area contributed by atoms with Gasteiger partial charge < -0.3 is 4.90 Å². The maximum absolute atomic E-state index is 13.0. The minimum absolute atomic E-state index is 0.108. The zero-order valence-corrected chi connectivity index (χ0v) is 16.0. The van der Waals surface area contributed by atoms with E-state index in [9.17, 15) is 13.2 Å². The molecule has 0 bridgehead atoms. The molecule has 0 N–H and O–H groups in total. The first-order chi connectivity index (χ1) is 11.9. The third-order valence-corrected chi connectivity index (χ3v) is 6.87. The van der Waals surface area contributed by atoms with Gasteiger partial charge in [0.2, 0.25) is 15.9 Å². The zero-order valence-electron chi connectivity index (χ0n) is 14.4. The zero-order chi connectivity index (χ0) is 18.0. The quantitative estimate of drug-likeness (QED) is 0.789. The fourth-order valence-corrected chi connectivity index (χ4v) is 5.05. The lowest BCUT2D eigenvalue weighted by Gasteiger charge is -2.34. The Balaban J connectivity index is 1.70. The lowest BCUT2D eigenvalue weighted by atomic mass is 10.1. The van der Waals surface area contributed by atoms with E-state index in [4.69, 9.17) is 0 Å². The molecule has 2 aromatic rings. The Hall–Kier alpha value is -1.58. The summed E-state index contributed by atoms with van der Waals surface area (Å²) >= 11 is 1.01. The van der Waals surface area contributed by atoms with Crippen LogP contribution in [0.5, 0.6) is 0 Å². The van der Waals surface area contributed by atoms with Crippen LogP contribution in [0.4, 0.5) is 0 Å². The normalized spacial score (nSPS) is 16.7. The van der Waals surface area contributed by atoms with Gasteiger partial charge in [-0.2, -0.15) is 13.1 Å². The topological polar surface area (TPSA) is 83.5 Å². The maximum Gasteiger partial charge on any atom is 0.245 e. The van der Waals surface area contributed by atoms with Gasteiger partial charge in [0.05, 0.1) is 11.7 Å². The SMILES string of the molecule is CC(C)CCC(=O)N1CCN(S(=O)(=O)c2cccc3nsnc23)CC1. The van der Waals surface area contributed by atoms with E-state index in [0.29, 0.717) is 49.6 Å². The number of fused-ring (bicyclic) bond motifs is 1. The summed E-state index contributed by atoms with van der Waals surface area (Å²) in [6.45, 7) is 5.66. The number of piperazine rings is 1. The minimum atomic E-state index is -3.63. The average molecular weight is 383 g/mol. The minimum Gasteiger partial charge on any atom is -0.340 e. The molecule has 2 heterocycles. The van der Waals surface area contributed by atoms with E-state index >= 15 is 0 Å². The fraction of sp³-hybridized carbons (Fsp3) is 0.562. The smallest absolute Gasteiger partial charge is 0.245 e. The number of amides is 1. The van der Waals surface area contributed by atoms with Gasteiger partial charge in [0, 0.05) is 32.6 Å². The number of rotatable bonds is 5. The number of hydrogen-bond acceptors (Lipinski definition) is 6. The van der Waals surface area contributed by atoms with Gasteiger partial charge >= 0.3 is 0 Å². The molecule has 9 heteroatoms. The van der Waals surface area contributed by atoms with Crippen molar-refractivity contribution in [2.24, 2.45) is 5.92 Å². The molecule has 0 atom stereocenters. The van der Waals surface area contributed by atoms with Crippen LogP contribution in [0, 0.1) is 5.92 Å². The second kappa shape index (κ2) is 7.35. The van der Waals surface area contributed by atoms with Gasteiger partial charge in [0.1, 0.15) is 15.9 Å². The number of carbonyl (C=O) groups is 1. The van der Waals surface area contributed by atoms with Crippen LogP contribution in [0.25, 0.3) is 11.0 Å². The Morgan fingerprint density at radius 2 is 1.92 bits per heavy atom. The highest BCUT2D eigenvalue weighted by Crippen LogP contribution is 2.25. The third-order valence-electron chi connectivity index (χ3n) is 4.39. The lowest BCUT2D eigenvalue weighted by Crippen LogP contribution is -2.50. The molecule has 0 aliphatic carbocycles. The van der Waals surface area contributed by atoms with Crippen LogP contribution >= 0.6 is 11.7 Å². The first-order valence-electron chi connectivity index (χ1n) is 8.39. The number of aromatic nitrogens is 2. The Morgan fingerprint density at radius 1 is 1.20 bits per heavy atom. The largest absolute Gasteiger partial charge is 0.340 e. The Kier molecular flexibility index (Phi) is 5.35. The molecule has 1 amide bonds. The number of benzene rings is 1. The van der Waals surface area contributed by atoms with Gasteiger partial charge in [-0.1, -0.05) is 19.9 Å². The first-order valence-corrected chi connectivity index (χ1v) is 10.6. The van der Waals surface area contributed by atoms with E-state index in [0.717, 1.165) is 18.1 Å². The molecular formula is C16H22N4O3S2. The molecule has 0 unspecified atom stereocenters. The molecule has 25 heavy (non-hydrogen) atoms. The molecule has 0 saturated carbocycles. The van der Waals surface area contributed by atoms with Crippen molar-refractivity contribution in [1.29, 1.82) is 0 Å². The highest BCUT2D eigenvalue weighted by Gasteiger charge is 2.31. The van der Waals surface area contributed by atoms with Crippen molar-refractivity contribution in [1.82, 2.24) is 18.0 Å². The van der Waals surface area contributed by atoms with Crippen molar-refractivity contribution >= 4 is 38.7 Å². The van der Waals surface area contributed by atoms with Gasteiger partial charge in [0.25, 0.3) is 0 Å². The summed E-state index contributed by atoms with van der Waals surface area (Å²) in [6.07, 6.45) is 1.38. The highest BCUT2D eigenvalue weighted by atomic mass is 32.2. The molecule has 1 fully saturated rings. The fourth-order valence-electron chi connectivity index (χ4n) is 2.88. The number of hydrogen-bond donors (Lipinski definition) is 0. The summed E-state index contributed by atoms with van der Waals surface area (Å²) in [7, 11) is -3.63. The third kappa shape index (κ3) is 3.83. The van der Waals surface area contributed by atoms with E-state index in [1.54, 1.807) is 23.1 Å². The Morgan fingerprint density at radius 3 is 2.60 bits per heavy atom. The molecule has 1 aromatic heterocycles. The molecule has 1 aliphatic heterocycles. The van der Waals surface area contributed by atoms with Crippen LogP contribution in [0.3, 0.4) is 0 Å². The molecule has 0 radical (unpaired) electrons. The molecular weight excluding hydrogens is 360 g/mol. The van der Waals surface area contributed by atoms with Crippen LogP contribution < -0.4 is 0 Å². The average Bonchev–Trinajstić information content (AvgIpc) is 3.08. The van der Waals surface area contributed by atoms with Crippen LogP contribution in [0.15, 0.2) is 23.1 Å². The number of nitrogens with zero attached hydrogens (tertiary/aromatic N) is 4. The van der Waals surface area contributed by atoms with Crippen molar-refractivity contribution in [3.05, 3.63) is 18.2 Å². The van der Waals surface area contributed by atoms with E-state index in [-0.39, 0.29) is 10.8 Å². The summed E-state index contributed by atoms with van der Waals surface area (Å²) in [6, 6.07) is 5.00. The predicted molar refractivity (Wildman–Crippen MR) is 96.8 cm³/mol. The molecule has 1 aliphatic rings. The summed E-state index contributed by atoms with van der Waals surface area (Å²) in [5.74, 6) is 0.592. The van der Waals surface area contributed by atoms with Crippen molar-refractivity contribution in [2.45, 2.75) is 31.6 Å². The molecule has 3 rings (SSSR count). The van der Waals surface area contributed by atoms with Crippen LogP contribution in [0.1, 0.15) is 26.7 Å². The van der Waals surface area contributed by atoms with E-state index in [2.05, 4.69) is 22.6 Å². The molecule has 136 valence electrons. The van der Waals surface area contributed by atoms with Gasteiger partial charge in [-0.25, -0.2) is 8.42 Å². The second-order valence-electron chi connectivity index (χ2n) is 6.61. The van der Waals surface area contributed by atoms with Crippen LogP contribution in [0.2, 0.25) is 0 Å². The van der Waals surface area contributed by atoms with E-state index in [1.807, 2.05) is 0 Å². The first kappa shape index (κ1) is 18.2. The van der Waals surface area contributed by atoms with Crippen LogP contribution in [-0.2, 0) is 14.8 Å². The van der Waals surface area contributed by atoms with Crippen molar-refractivity contribution in [3.63, 3.8) is 0 Å². The van der Waals surface area contributed by atoms with E-state index in [1.165, 1.54) is 4.31 Å². The van der Waals surface area contributed by atoms with Crippen molar-refractivity contribution in [2.75, 3.05) is 26.2 Å². The summed E-state index contributed by atoms with van der Waals surface area (Å²) in [5.41, 5.74) is 1.01. The predicted octanol–water partition coefficient (Wildman–Crippen LogP) is 1.96. The maximum atomic E-state index is 13.0. The summed E-state index contributed by atoms with van der Waals surface area (Å²) in [4.78, 5) is 14.2. The van der Waals surface area contributed by atoms with Crippen LogP contribution in [-0.4, -0.2) is 58.5 Å². The number of carbonyl (C=O) groups excluding carboxylic acids is 1. The lowest BCUT2D eigenvalue weighted by molar-refractivity contribution is -0.132. The molecule has 7 nitrogen and oxygen atoms in total. The molecule has 0 spiro atoms. The summed E-state index contributed by atoms with van der Waals surface area (Å²) < 4.78 is 35.6. The summed E-state index contributed by atoms with van der Waals surface area (Å²) in [5, 5.41) is 0. The molecule has 1 aromatic carbocycles. The van der Waals surface area contributed by atoms with Gasteiger partial charge in [0.15, 0.2) is 0 Å². The Bertz CT molecular complexity index is 855. The van der Waals surface area contributed by atoms with Gasteiger partial charge in [-0.3, -0.25) is 4.79 Å². The van der Waals surface area contributed by atoms with Crippen molar-refractivity contribution in [3.8, 4) is 0 Å².